The molecule has 1 aromatic carbocycles. The number of rotatable bonds is 3. The molecule has 4 heteroatoms. The molecular weight excluding hydrogens is 254 g/mol. The molecule has 0 saturated carbocycles. The number of hydrogen-bond acceptors (Lipinski definition) is 4. The van der Waals surface area contributed by atoms with Gasteiger partial charge in [0.1, 0.15) is 5.75 Å². The van der Waals surface area contributed by atoms with Gasteiger partial charge in [0, 0.05) is 19.2 Å². The lowest BCUT2D eigenvalue weighted by Gasteiger charge is -2.45. The molecule has 0 bridgehead atoms. The Bertz CT molecular complexity index is 477. The van der Waals surface area contributed by atoms with E-state index >= 15 is 0 Å². The summed E-state index contributed by atoms with van der Waals surface area (Å²) in [5, 5.41) is 11.6. The van der Waals surface area contributed by atoms with Crippen LogP contribution in [0.1, 0.15) is 17.5 Å². The fourth-order valence-electron chi connectivity index (χ4n) is 3.83. The van der Waals surface area contributed by atoms with E-state index < -0.39 is 0 Å². The molecule has 3 rings (SSSR count). The number of benzene rings is 1. The molecule has 1 saturated heterocycles. The van der Waals surface area contributed by atoms with Gasteiger partial charge in [-0.2, -0.15) is 5.06 Å². The topological polar surface area (TPSA) is 41.9 Å². The van der Waals surface area contributed by atoms with E-state index in [1.807, 2.05) is 6.07 Å². The minimum Gasteiger partial charge on any atom is -0.496 e. The Morgan fingerprint density at radius 3 is 2.85 bits per heavy atom. The first-order valence-corrected chi connectivity index (χ1v) is 7.33. The average molecular weight is 277 g/mol. The fraction of sp³-hybridized carbons (Fsp3) is 0.625. The highest BCUT2D eigenvalue weighted by Gasteiger charge is 2.40. The van der Waals surface area contributed by atoms with Gasteiger partial charge >= 0.3 is 0 Å². The third-order valence-corrected chi connectivity index (χ3v) is 4.83. The lowest BCUT2D eigenvalue weighted by molar-refractivity contribution is -0.204. The van der Waals surface area contributed by atoms with Crippen LogP contribution in [0.3, 0.4) is 0 Å². The molecule has 1 fully saturated rings. The van der Waals surface area contributed by atoms with E-state index in [0.29, 0.717) is 17.9 Å². The normalized spacial score (nSPS) is 29.6. The average Bonchev–Trinajstić information content (AvgIpc) is 2.51. The second-order valence-corrected chi connectivity index (χ2v) is 5.90. The number of piperidine rings is 1. The Hall–Kier alpha value is -1.10. The minimum atomic E-state index is 0.238. The van der Waals surface area contributed by atoms with Crippen LogP contribution in [-0.2, 0) is 17.7 Å². The van der Waals surface area contributed by atoms with Crippen molar-refractivity contribution in [2.24, 2.45) is 11.8 Å². The zero-order valence-corrected chi connectivity index (χ0v) is 12.2. The maximum Gasteiger partial charge on any atom is 0.122 e. The molecule has 1 aliphatic carbocycles. The van der Waals surface area contributed by atoms with Crippen molar-refractivity contribution in [3.05, 3.63) is 29.3 Å². The zero-order valence-electron chi connectivity index (χ0n) is 12.2. The van der Waals surface area contributed by atoms with Gasteiger partial charge in [-0.1, -0.05) is 12.1 Å². The van der Waals surface area contributed by atoms with Crippen molar-refractivity contribution in [1.82, 2.24) is 5.06 Å². The van der Waals surface area contributed by atoms with E-state index in [-0.39, 0.29) is 6.61 Å². The molecule has 0 spiro atoms. The molecule has 20 heavy (non-hydrogen) atoms. The molecule has 1 aliphatic heterocycles. The van der Waals surface area contributed by atoms with Crippen molar-refractivity contribution in [2.75, 3.05) is 27.4 Å². The highest BCUT2D eigenvalue weighted by Crippen LogP contribution is 2.39. The molecule has 4 nitrogen and oxygen atoms in total. The molecule has 3 atom stereocenters. The first kappa shape index (κ1) is 13.9. The number of nitrogens with zero attached hydrogens (tertiary/aromatic N) is 1. The van der Waals surface area contributed by atoms with Crippen LogP contribution < -0.4 is 4.74 Å². The van der Waals surface area contributed by atoms with Crippen molar-refractivity contribution < 1.29 is 14.7 Å². The van der Waals surface area contributed by atoms with Crippen LogP contribution in [0.25, 0.3) is 0 Å². The summed E-state index contributed by atoms with van der Waals surface area (Å²) in [5.74, 6) is 1.84. The van der Waals surface area contributed by atoms with E-state index in [1.54, 1.807) is 14.2 Å². The molecule has 1 N–H and O–H groups in total. The Kier molecular flexibility index (Phi) is 3.96. The molecule has 1 aromatic rings. The summed E-state index contributed by atoms with van der Waals surface area (Å²) in [6.45, 7) is 1.06. The van der Waals surface area contributed by atoms with Crippen LogP contribution in [-0.4, -0.2) is 43.6 Å². The zero-order chi connectivity index (χ0) is 14.1. The van der Waals surface area contributed by atoms with E-state index in [1.165, 1.54) is 11.1 Å². The van der Waals surface area contributed by atoms with Crippen LogP contribution in [0.5, 0.6) is 5.75 Å². The van der Waals surface area contributed by atoms with Crippen molar-refractivity contribution in [1.29, 1.82) is 0 Å². The van der Waals surface area contributed by atoms with Crippen LogP contribution in [0, 0.1) is 11.8 Å². The molecular formula is C16H23NO3. The smallest absolute Gasteiger partial charge is 0.122 e. The first-order valence-electron chi connectivity index (χ1n) is 7.33. The van der Waals surface area contributed by atoms with Crippen molar-refractivity contribution in [3.63, 3.8) is 0 Å². The second-order valence-electron chi connectivity index (χ2n) is 5.90. The number of ether oxygens (including phenoxy) is 1. The first-order chi connectivity index (χ1) is 9.76. The molecule has 0 amide bonds. The van der Waals surface area contributed by atoms with E-state index in [9.17, 15) is 5.11 Å². The Morgan fingerprint density at radius 1 is 1.30 bits per heavy atom. The van der Waals surface area contributed by atoms with Crippen LogP contribution >= 0.6 is 0 Å². The highest BCUT2D eigenvalue weighted by molar-refractivity contribution is 5.43. The van der Waals surface area contributed by atoms with Crippen LogP contribution in [0.2, 0.25) is 0 Å². The summed E-state index contributed by atoms with van der Waals surface area (Å²) in [5.41, 5.74) is 2.71. The number of methoxy groups -OCH3 is 1. The third-order valence-electron chi connectivity index (χ3n) is 4.83. The molecule has 0 radical (unpaired) electrons. The van der Waals surface area contributed by atoms with Gasteiger partial charge in [0.15, 0.2) is 0 Å². The highest BCUT2D eigenvalue weighted by atomic mass is 16.7. The van der Waals surface area contributed by atoms with Gasteiger partial charge < -0.3 is 14.7 Å². The Balaban J connectivity index is 1.90. The van der Waals surface area contributed by atoms with E-state index in [0.717, 1.165) is 31.6 Å². The lowest BCUT2D eigenvalue weighted by atomic mass is 9.73. The molecule has 1 heterocycles. The predicted octanol–water partition coefficient (Wildman–Crippen LogP) is 1.65. The standard InChI is InChI=1S/C16H23NO3/c1-19-16-5-3-4-12-8-15-13(7-14(12)16)6-11(10-18)9-17(15)20-2/h3-5,11,13,15,18H,6-10H2,1-2H3. The Morgan fingerprint density at radius 2 is 2.15 bits per heavy atom. The van der Waals surface area contributed by atoms with Crippen LogP contribution in [0.15, 0.2) is 18.2 Å². The summed E-state index contributed by atoms with van der Waals surface area (Å²) < 4.78 is 5.50. The van der Waals surface area contributed by atoms with Gasteiger partial charge in [0.2, 0.25) is 0 Å². The third kappa shape index (κ3) is 2.32. The fourth-order valence-corrected chi connectivity index (χ4v) is 3.83. The number of aliphatic hydroxyl groups is 1. The number of hydroxylamine groups is 2. The summed E-state index contributed by atoms with van der Waals surface area (Å²) >= 11 is 0. The Labute approximate surface area is 120 Å². The minimum absolute atomic E-state index is 0.238. The van der Waals surface area contributed by atoms with Gasteiger partial charge in [-0.3, -0.25) is 0 Å². The lowest BCUT2D eigenvalue weighted by Crippen LogP contribution is -2.52. The quantitative estimate of drug-likeness (QED) is 0.912. The van der Waals surface area contributed by atoms with Gasteiger partial charge in [-0.15, -0.1) is 0 Å². The summed E-state index contributed by atoms with van der Waals surface area (Å²) in [6, 6.07) is 6.72. The van der Waals surface area contributed by atoms with E-state index in [2.05, 4.69) is 17.2 Å². The van der Waals surface area contributed by atoms with Gasteiger partial charge in [-0.25, -0.2) is 0 Å². The molecule has 3 unspecified atom stereocenters. The monoisotopic (exact) mass is 277 g/mol. The molecule has 110 valence electrons. The maximum atomic E-state index is 9.48. The summed E-state index contributed by atoms with van der Waals surface area (Å²) in [4.78, 5) is 5.56. The van der Waals surface area contributed by atoms with Crippen LogP contribution in [0.4, 0.5) is 0 Å². The van der Waals surface area contributed by atoms with Crippen molar-refractivity contribution >= 4 is 0 Å². The van der Waals surface area contributed by atoms with Gasteiger partial charge in [0.05, 0.1) is 14.2 Å². The number of aliphatic hydroxyl groups excluding tert-OH is 1. The largest absolute Gasteiger partial charge is 0.496 e. The summed E-state index contributed by atoms with van der Waals surface area (Å²) in [6.07, 6.45) is 3.09. The number of fused-ring (bicyclic) bond motifs is 2. The van der Waals surface area contributed by atoms with Crippen molar-refractivity contribution in [2.45, 2.75) is 25.3 Å². The SMILES string of the molecule is COc1cccc2c1CC1CC(CO)CN(OC)C1C2. The predicted molar refractivity (Wildman–Crippen MR) is 76.6 cm³/mol. The van der Waals surface area contributed by atoms with Crippen molar-refractivity contribution in [3.8, 4) is 5.75 Å². The summed E-state index contributed by atoms with van der Waals surface area (Å²) in [7, 11) is 3.47. The van der Waals surface area contributed by atoms with E-state index in [4.69, 9.17) is 9.57 Å². The molecule has 2 aliphatic rings. The number of hydrogen-bond donors (Lipinski definition) is 1. The van der Waals surface area contributed by atoms with Gasteiger partial charge in [-0.05, 0) is 48.3 Å². The molecule has 0 aromatic heterocycles. The maximum absolute atomic E-state index is 9.48. The van der Waals surface area contributed by atoms with Gasteiger partial charge in [0.25, 0.3) is 0 Å². The second kappa shape index (κ2) is 5.72.